The van der Waals surface area contributed by atoms with Gasteiger partial charge in [-0.3, -0.25) is 9.59 Å². The van der Waals surface area contributed by atoms with Crippen molar-refractivity contribution in [3.63, 3.8) is 0 Å². The molecule has 0 radical (unpaired) electrons. The van der Waals surface area contributed by atoms with Crippen LogP contribution in [0.1, 0.15) is 48.5 Å². The summed E-state index contributed by atoms with van der Waals surface area (Å²) in [7, 11) is 0. The minimum Gasteiger partial charge on any atom is -0.449 e. The minimum atomic E-state index is -0.370. The van der Waals surface area contributed by atoms with Crippen LogP contribution in [0.15, 0.2) is 48.2 Å². The number of likely N-dealkylation sites (tertiary alicyclic amines) is 1. The lowest BCUT2D eigenvalue weighted by atomic mass is 10.0. The molecule has 7 heteroatoms. The Bertz CT molecular complexity index is 1040. The molecule has 2 aliphatic heterocycles. The van der Waals surface area contributed by atoms with Crippen molar-refractivity contribution in [2.45, 2.75) is 38.6 Å². The maximum atomic E-state index is 12.6. The van der Waals surface area contributed by atoms with E-state index in [-0.39, 0.29) is 17.6 Å². The fraction of sp³-hybridized carbons (Fsp3) is 0.360. The Kier molecular flexibility index (Phi) is 7.12. The molecule has 2 heterocycles. The SMILES string of the molecule is C[C@@H]1CCCCN1CCCNC(=O)c1ccc2c(c1)NC(=O)/C(=C\c1cccc(Cl)c1)O2. The van der Waals surface area contributed by atoms with Gasteiger partial charge in [0.15, 0.2) is 11.5 Å². The molecule has 2 N–H and O–H groups in total. The number of rotatable bonds is 6. The minimum absolute atomic E-state index is 0.158. The molecule has 0 bridgehead atoms. The number of carbonyl (C=O) groups excluding carboxylic acids is 2. The van der Waals surface area contributed by atoms with E-state index >= 15 is 0 Å². The van der Waals surface area contributed by atoms with Gasteiger partial charge in [0, 0.05) is 29.7 Å². The van der Waals surface area contributed by atoms with Crippen LogP contribution in [0.25, 0.3) is 6.08 Å². The number of hydrogen-bond acceptors (Lipinski definition) is 4. The molecule has 4 rings (SSSR count). The lowest BCUT2D eigenvalue weighted by molar-refractivity contribution is -0.115. The molecule has 1 saturated heterocycles. The number of piperidine rings is 1. The maximum Gasteiger partial charge on any atom is 0.291 e. The topological polar surface area (TPSA) is 70.7 Å². The third-order valence-electron chi connectivity index (χ3n) is 5.93. The summed E-state index contributed by atoms with van der Waals surface area (Å²) in [5, 5.41) is 6.36. The highest BCUT2D eigenvalue weighted by Gasteiger charge is 2.23. The molecule has 32 heavy (non-hydrogen) atoms. The monoisotopic (exact) mass is 453 g/mol. The van der Waals surface area contributed by atoms with Crippen molar-refractivity contribution in [2.24, 2.45) is 0 Å². The molecule has 0 aromatic heterocycles. The van der Waals surface area contributed by atoms with Gasteiger partial charge in [-0.15, -0.1) is 0 Å². The molecule has 0 saturated carbocycles. The molecule has 2 amide bonds. The number of carbonyl (C=O) groups is 2. The van der Waals surface area contributed by atoms with Crippen molar-refractivity contribution in [1.29, 1.82) is 0 Å². The van der Waals surface area contributed by atoms with Crippen LogP contribution in [0.3, 0.4) is 0 Å². The van der Waals surface area contributed by atoms with E-state index in [0.717, 1.165) is 25.1 Å². The number of ether oxygens (including phenoxy) is 1. The largest absolute Gasteiger partial charge is 0.449 e. The highest BCUT2D eigenvalue weighted by Crippen LogP contribution is 2.32. The molecule has 2 aromatic carbocycles. The zero-order valence-electron chi connectivity index (χ0n) is 18.2. The van der Waals surface area contributed by atoms with Crippen molar-refractivity contribution < 1.29 is 14.3 Å². The van der Waals surface area contributed by atoms with Gasteiger partial charge in [0.05, 0.1) is 5.69 Å². The number of nitrogens with zero attached hydrogens (tertiary/aromatic N) is 1. The van der Waals surface area contributed by atoms with Gasteiger partial charge in [-0.25, -0.2) is 0 Å². The van der Waals surface area contributed by atoms with Crippen LogP contribution >= 0.6 is 11.6 Å². The van der Waals surface area contributed by atoms with Crippen LogP contribution in [0, 0.1) is 0 Å². The Labute approximate surface area is 193 Å². The fourth-order valence-electron chi connectivity index (χ4n) is 4.13. The van der Waals surface area contributed by atoms with E-state index in [4.69, 9.17) is 16.3 Å². The molecule has 0 unspecified atom stereocenters. The van der Waals surface area contributed by atoms with Gasteiger partial charge in [-0.1, -0.05) is 30.2 Å². The second-order valence-corrected chi connectivity index (χ2v) is 8.76. The van der Waals surface area contributed by atoms with Crippen LogP contribution in [0.4, 0.5) is 5.69 Å². The van der Waals surface area contributed by atoms with Crippen molar-refractivity contribution in [3.05, 3.63) is 64.4 Å². The molecule has 2 aromatic rings. The predicted molar refractivity (Wildman–Crippen MR) is 127 cm³/mol. The lowest BCUT2D eigenvalue weighted by Crippen LogP contribution is -2.39. The molecular formula is C25H28ClN3O3. The Morgan fingerprint density at radius 2 is 2.16 bits per heavy atom. The third-order valence-corrected chi connectivity index (χ3v) is 6.16. The summed E-state index contributed by atoms with van der Waals surface area (Å²) < 4.78 is 5.77. The van der Waals surface area contributed by atoms with Gasteiger partial charge in [-0.2, -0.15) is 0 Å². The van der Waals surface area contributed by atoms with Gasteiger partial charge in [0.2, 0.25) is 0 Å². The normalized spacial score (nSPS) is 19.8. The van der Waals surface area contributed by atoms with Crippen molar-refractivity contribution in [3.8, 4) is 5.75 Å². The van der Waals surface area contributed by atoms with E-state index in [1.165, 1.54) is 19.3 Å². The third kappa shape index (κ3) is 5.50. The highest BCUT2D eigenvalue weighted by molar-refractivity contribution is 6.30. The zero-order chi connectivity index (χ0) is 22.5. The Morgan fingerprint density at radius 3 is 2.97 bits per heavy atom. The first-order valence-electron chi connectivity index (χ1n) is 11.1. The Hall–Kier alpha value is -2.83. The first-order chi connectivity index (χ1) is 15.5. The predicted octanol–water partition coefficient (Wildman–Crippen LogP) is 4.71. The van der Waals surface area contributed by atoms with E-state index in [1.54, 1.807) is 42.5 Å². The molecule has 2 aliphatic rings. The van der Waals surface area contributed by atoms with Gasteiger partial charge < -0.3 is 20.3 Å². The quantitative estimate of drug-likeness (QED) is 0.491. The van der Waals surface area contributed by atoms with Gasteiger partial charge in [-0.05, 0) is 74.7 Å². The number of benzene rings is 2. The zero-order valence-corrected chi connectivity index (χ0v) is 19.0. The number of fused-ring (bicyclic) bond motifs is 1. The first kappa shape index (κ1) is 22.4. The first-order valence-corrected chi connectivity index (χ1v) is 11.5. The Balaban J connectivity index is 1.34. The number of amides is 2. The molecule has 1 fully saturated rings. The van der Waals surface area contributed by atoms with Gasteiger partial charge in [0.25, 0.3) is 11.8 Å². The van der Waals surface area contributed by atoms with Crippen molar-refractivity contribution in [1.82, 2.24) is 10.2 Å². The standard InChI is InChI=1S/C25H28ClN3O3/c1-17-6-2-3-12-29(17)13-5-11-27-24(30)19-9-10-22-21(16-19)28-25(31)23(32-22)15-18-7-4-8-20(26)14-18/h4,7-10,14-17H,2-3,5-6,11-13H2,1H3,(H,27,30)(H,28,31)/b23-15+/t17-/m1/s1. The van der Waals surface area contributed by atoms with E-state index < -0.39 is 0 Å². The number of hydrogen-bond donors (Lipinski definition) is 2. The summed E-state index contributed by atoms with van der Waals surface area (Å²) in [5.41, 5.74) is 1.73. The smallest absolute Gasteiger partial charge is 0.291 e. The fourth-order valence-corrected chi connectivity index (χ4v) is 4.32. The van der Waals surface area contributed by atoms with Gasteiger partial charge >= 0.3 is 0 Å². The highest BCUT2D eigenvalue weighted by atomic mass is 35.5. The molecule has 1 atom stereocenters. The van der Waals surface area contributed by atoms with Crippen molar-refractivity contribution >= 4 is 35.2 Å². The van der Waals surface area contributed by atoms with E-state index in [0.29, 0.717) is 34.6 Å². The maximum absolute atomic E-state index is 12.6. The Morgan fingerprint density at radius 1 is 1.28 bits per heavy atom. The second kappa shape index (κ2) is 10.2. The summed E-state index contributed by atoms with van der Waals surface area (Å²) in [5.74, 6) is 0.136. The van der Waals surface area contributed by atoms with Crippen LogP contribution < -0.4 is 15.4 Å². The average molecular weight is 454 g/mol. The molecule has 0 spiro atoms. The number of halogens is 1. The van der Waals surface area contributed by atoms with Crippen molar-refractivity contribution in [2.75, 3.05) is 25.0 Å². The van der Waals surface area contributed by atoms with E-state index in [9.17, 15) is 9.59 Å². The molecule has 6 nitrogen and oxygen atoms in total. The lowest BCUT2D eigenvalue weighted by Gasteiger charge is -2.33. The van der Waals surface area contributed by atoms with Crippen LogP contribution in [0.2, 0.25) is 5.02 Å². The van der Waals surface area contributed by atoms with E-state index in [2.05, 4.69) is 22.5 Å². The second-order valence-electron chi connectivity index (χ2n) is 8.32. The average Bonchev–Trinajstić information content (AvgIpc) is 2.78. The summed E-state index contributed by atoms with van der Waals surface area (Å²) in [6, 6.07) is 12.8. The van der Waals surface area contributed by atoms with Crippen LogP contribution in [-0.2, 0) is 4.79 Å². The number of anilines is 1. The summed E-state index contributed by atoms with van der Waals surface area (Å²) in [6.45, 7) is 5.04. The van der Waals surface area contributed by atoms with E-state index in [1.807, 2.05) is 6.07 Å². The molecular weight excluding hydrogens is 426 g/mol. The van der Waals surface area contributed by atoms with Crippen LogP contribution in [0.5, 0.6) is 5.75 Å². The molecule has 0 aliphatic carbocycles. The summed E-state index contributed by atoms with van der Waals surface area (Å²) in [6.07, 6.45) is 6.37. The van der Waals surface area contributed by atoms with Gasteiger partial charge in [0.1, 0.15) is 0 Å². The summed E-state index contributed by atoms with van der Waals surface area (Å²) >= 11 is 6.01. The number of nitrogens with one attached hydrogen (secondary N) is 2. The summed E-state index contributed by atoms with van der Waals surface area (Å²) in [4.78, 5) is 27.5. The van der Waals surface area contributed by atoms with Crippen LogP contribution in [-0.4, -0.2) is 42.4 Å². The molecule has 168 valence electrons.